The number of ether oxygens (including phenoxy) is 1. The van der Waals surface area contributed by atoms with E-state index in [0.717, 1.165) is 17.0 Å². The third kappa shape index (κ3) is 3.11. The van der Waals surface area contributed by atoms with E-state index < -0.39 is 0 Å². The van der Waals surface area contributed by atoms with Crippen molar-refractivity contribution in [3.05, 3.63) is 52.8 Å². The number of nitrogens with two attached hydrogens (primary N) is 1. The molecule has 0 spiro atoms. The molecule has 0 saturated heterocycles. The van der Waals surface area contributed by atoms with E-state index in [4.69, 9.17) is 22.1 Å². The summed E-state index contributed by atoms with van der Waals surface area (Å²) < 4.78 is 5.66. The van der Waals surface area contributed by atoms with E-state index in [1.165, 1.54) is 0 Å². The molecule has 0 radical (unpaired) electrons. The van der Waals surface area contributed by atoms with Crippen LogP contribution in [-0.2, 0) is 6.61 Å². The fourth-order valence-corrected chi connectivity index (χ4v) is 1.62. The Labute approximate surface area is 105 Å². The van der Waals surface area contributed by atoms with Crippen LogP contribution >= 0.6 is 11.6 Å². The minimum absolute atomic E-state index is 0.381. The van der Waals surface area contributed by atoms with Crippen LogP contribution in [0.5, 0.6) is 5.75 Å². The quantitative estimate of drug-likeness (QED) is 0.907. The number of hydrogen-bond acceptors (Lipinski definition) is 3. The third-order valence-corrected chi connectivity index (χ3v) is 2.60. The molecule has 1 aromatic heterocycles. The molecule has 0 bridgehead atoms. The predicted octanol–water partition coefficient (Wildman–Crippen LogP) is 3.20. The summed E-state index contributed by atoms with van der Waals surface area (Å²) in [6, 6.07) is 9.09. The van der Waals surface area contributed by atoms with Gasteiger partial charge in [0, 0.05) is 16.9 Å². The SMILES string of the molecule is Cc1ccc(Cl)cc1OCc1cc(N)ccn1. The van der Waals surface area contributed by atoms with E-state index in [1.807, 2.05) is 19.1 Å². The molecule has 17 heavy (non-hydrogen) atoms. The van der Waals surface area contributed by atoms with E-state index in [-0.39, 0.29) is 0 Å². The average molecular weight is 249 g/mol. The van der Waals surface area contributed by atoms with Crippen molar-refractivity contribution < 1.29 is 4.74 Å². The minimum Gasteiger partial charge on any atom is -0.487 e. The highest BCUT2D eigenvalue weighted by Gasteiger charge is 2.02. The van der Waals surface area contributed by atoms with E-state index in [9.17, 15) is 0 Å². The number of nitrogens with zero attached hydrogens (tertiary/aromatic N) is 1. The van der Waals surface area contributed by atoms with E-state index in [1.54, 1.807) is 24.4 Å². The Hall–Kier alpha value is -1.74. The molecule has 0 unspecified atom stereocenters. The molecular weight excluding hydrogens is 236 g/mol. The summed E-state index contributed by atoms with van der Waals surface area (Å²) in [7, 11) is 0. The number of benzene rings is 1. The Bertz CT molecular complexity index is 529. The van der Waals surface area contributed by atoms with Gasteiger partial charge in [-0.1, -0.05) is 17.7 Å². The van der Waals surface area contributed by atoms with Gasteiger partial charge in [-0.2, -0.15) is 0 Å². The first-order chi connectivity index (χ1) is 8.15. The molecule has 1 heterocycles. The Morgan fingerprint density at radius 2 is 2.12 bits per heavy atom. The summed E-state index contributed by atoms with van der Waals surface area (Å²) >= 11 is 5.91. The van der Waals surface area contributed by atoms with Crippen LogP contribution in [0, 0.1) is 6.92 Å². The summed E-state index contributed by atoms with van der Waals surface area (Å²) in [5.74, 6) is 0.765. The zero-order valence-corrected chi connectivity index (χ0v) is 10.2. The molecule has 2 rings (SSSR count). The van der Waals surface area contributed by atoms with Crippen LogP contribution < -0.4 is 10.5 Å². The topological polar surface area (TPSA) is 48.1 Å². The van der Waals surface area contributed by atoms with Gasteiger partial charge in [0.2, 0.25) is 0 Å². The van der Waals surface area contributed by atoms with E-state index in [2.05, 4.69) is 4.98 Å². The summed E-state index contributed by atoms with van der Waals surface area (Å²) in [4.78, 5) is 4.17. The maximum atomic E-state index is 5.91. The molecule has 2 N–H and O–H groups in total. The number of aromatic nitrogens is 1. The van der Waals surface area contributed by atoms with Crippen LogP contribution in [-0.4, -0.2) is 4.98 Å². The molecule has 0 aliphatic heterocycles. The van der Waals surface area contributed by atoms with Crippen LogP contribution in [0.3, 0.4) is 0 Å². The molecule has 0 aliphatic rings. The normalized spacial score (nSPS) is 10.2. The monoisotopic (exact) mass is 248 g/mol. The first kappa shape index (κ1) is 11.7. The predicted molar refractivity (Wildman–Crippen MR) is 69.2 cm³/mol. The maximum Gasteiger partial charge on any atom is 0.130 e. The highest BCUT2D eigenvalue weighted by atomic mass is 35.5. The highest BCUT2D eigenvalue weighted by Crippen LogP contribution is 2.23. The van der Waals surface area contributed by atoms with Crippen molar-refractivity contribution in [2.24, 2.45) is 0 Å². The second-order valence-corrected chi connectivity index (χ2v) is 4.22. The smallest absolute Gasteiger partial charge is 0.130 e. The van der Waals surface area contributed by atoms with Gasteiger partial charge in [0.15, 0.2) is 0 Å². The molecule has 0 amide bonds. The van der Waals surface area contributed by atoms with Gasteiger partial charge in [-0.15, -0.1) is 0 Å². The number of hydrogen-bond donors (Lipinski definition) is 1. The molecule has 1 aromatic carbocycles. The fraction of sp³-hybridized carbons (Fsp3) is 0.154. The summed E-state index contributed by atoms with van der Waals surface area (Å²) in [5, 5.41) is 0.658. The van der Waals surface area contributed by atoms with Crippen LogP contribution in [0.1, 0.15) is 11.3 Å². The second-order valence-electron chi connectivity index (χ2n) is 3.78. The second kappa shape index (κ2) is 5.06. The van der Waals surface area contributed by atoms with Crippen LogP contribution in [0.4, 0.5) is 5.69 Å². The molecule has 3 nitrogen and oxygen atoms in total. The number of halogens is 1. The van der Waals surface area contributed by atoms with E-state index >= 15 is 0 Å². The number of nitrogen functional groups attached to an aromatic ring is 1. The molecular formula is C13H13ClN2O. The standard InChI is InChI=1S/C13H13ClN2O/c1-9-2-3-10(14)6-13(9)17-8-12-7-11(15)4-5-16-12/h2-7H,8H2,1H3,(H2,15,16). The van der Waals surface area contributed by atoms with Gasteiger partial charge >= 0.3 is 0 Å². The van der Waals surface area contributed by atoms with Gasteiger partial charge in [-0.25, -0.2) is 0 Å². The Morgan fingerprint density at radius 3 is 2.88 bits per heavy atom. The van der Waals surface area contributed by atoms with Gasteiger partial charge in [0.1, 0.15) is 12.4 Å². The van der Waals surface area contributed by atoms with Crippen molar-refractivity contribution in [3.8, 4) is 5.75 Å². The minimum atomic E-state index is 0.381. The van der Waals surface area contributed by atoms with Crippen LogP contribution in [0.15, 0.2) is 36.5 Å². The van der Waals surface area contributed by atoms with Crippen molar-refractivity contribution in [2.45, 2.75) is 13.5 Å². The number of pyridine rings is 1. The summed E-state index contributed by atoms with van der Waals surface area (Å²) in [6.07, 6.45) is 1.67. The Kier molecular flexibility index (Phi) is 3.49. The largest absolute Gasteiger partial charge is 0.487 e. The van der Waals surface area contributed by atoms with Crippen LogP contribution in [0.25, 0.3) is 0 Å². The highest BCUT2D eigenvalue weighted by molar-refractivity contribution is 6.30. The Balaban J connectivity index is 2.09. The molecule has 0 saturated carbocycles. The van der Waals surface area contributed by atoms with Gasteiger partial charge < -0.3 is 10.5 Å². The fourth-order valence-electron chi connectivity index (χ4n) is 1.46. The number of aryl methyl sites for hydroxylation is 1. The lowest BCUT2D eigenvalue weighted by molar-refractivity contribution is 0.299. The molecule has 0 fully saturated rings. The van der Waals surface area contributed by atoms with Gasteiger partial charge in [0.25, 0.3) is 0 Å². The summed E-state index contributed by atoms with van der Waals surface area (Å²) in [6.45, 7) is 2.35. The average Bonchev–Trinajstić information content (AvgIpc) is 2.30. The molecule has 4 heteroatoms. The molecule has 0 aliphatic carbocycles. The lowest BCUT2D eigenvalue weighted by Gasteiger charge is -2.09. The van der Waals surface area contributed by atoms with Crippen molar-refractivity contribution in [1.82, 2.24) is 4.98 Å². The van der Waals surface area contributed by atoms with Crippen LogP contribution in [0.2, 0.25) is 5.02 Å². The lowest BCUT2D eigenvalue weighted by atomic mass is 10.2. The maximum absolute atomic E-state index is 5.91. The zero-order valence-electron chi connectivity index (χ0n) is 9.48. The zero-order chi connectivity index (χ0) is 12.3. The summed E-state index contributed by atoms with van der Waals surface area (Å²) in [5.41, 5.74) is 8.18. The van der Waals surface area contributed by atoms with Gasteiger partial charge in [0.05, 0.1) is 5.69 Å². The number of rotatable bonds is 3. The van der Waals surface area contributed by atoms with E-state index in [0.29, 0.717) is 17.3 Å². The molecule has 2 aromatic rings. The van der Waals surface area contributed by atoms with Gasteiger partial charge in [-0.3, -0.25) is 4.98 Å². The van der Waals surface area contributed by atoms with Crippen molar-refractivity contribution >= 4 is 17.3 Å². The molecule has 0 atom stereocenters. The Morgan fingerprint density at radius 1 is 1.29 bits per heavy atom. The van der Waals surface area contributed by atoms with Crippen molar-refractivity contribution in [3.63, 3.8) is 0 Å². The van der Waals surface area contributed by atoms with Crippen molar-refractivity contribution in [2.75, 3.05) is 5.73 Å². The first-order valence-corrected chi connectivity index (χ1v) is 5.62. The molecule has 88 valence electrons. The first-order valence-electron chi connectivity index (χ1n) is 5.24. The third-order valence-electron chi connectivity index (χ3n) is 2.37. The lowest BCUT2D eigenvalue weighted by Crippen LogP contribution is -2.00. The van der Waals surface area contributed by atoms with Crippen molar-refractivity contribution in [1.29, 1.82) is 0 Å². The number of anilines is 1. The van der Waals surface area contributed by atoms with Gasteiger partial charge in [-0.05, 0) is 36.8 Å².